The molecule has 5 nitrogen and oxygen atoms in total. The third-order valence-electron chi connectivity index (χ3n) is 3.48. The first-order valence-electron chi connectivity index (χ1n) is 6.96. The van der Waals surface area contributed by atoms with Crippen LogP contribution in [0.2, 0.25) is 0 Å². The number of ether oxygens (including phenoxy) is 2. The molecule has 0 aliphatic heterocycles. The molecule has 116 valence electrons. The molecular formula is C17H19NO4. The summed E-state index contributed by atoms with van der Waals surface area (Å²) in [7, 11) is 3.19. The van der Waals surface area contributed by atoms with Gasteiger partial charge in [0.15, 0.2) is 11.5 Å². The van der Waals surface area contributed by atoms with Crippen molar-refractivity contribution in [2.75, 3.05) is 14.2 Å². The minimum atomic E-state index is -0.802. The van der Waals surface area contributed by atoms with Gasteiger partial charge in [-0.05, 0) is 43.2 Å². The fraction of sp³-hybridized carbons (Fsp3) is 0.294. The lowest BCUT2D eigenvalue weighted by Gasteiger charge is -2.11. The minimum Gasteiger partial charge on any atom is -0.493 e. The van der Waals surface area contributed by atoms with Gasteiger partial charge in [-0.1, -0.05) is 6.07 Å². The van der Waals surface area contributed by atoms with Gasteiger partial charge in [-0.2, -0.15) is 0 Å². The Morgan fingerprint density at radius 2 is 1.86 bits per heavy atom. The average Bonchev–Trinajstić information content (AvgIpc) is 2.52. The van der Waals surface area contributed by atoms with Crippen molar-refractivity contribution in [2.24, 2.45) is 0 Å². The maximum absolute atomic E-state index is 10.7. The molecule has 2 rings (SSSR count). The van der Waals surface area contributed by atoms with Crippen LogP contribution in [0.15, 0.2) is 30.3 Å². The summed E-state index contributed by atoms with van der Waals surface area (Å²) in [5.74, 6) is 0.513. The van der Waals surface area contributed by atoms with Crippen molar-refractivity contribution in [3.05, 3.63) is 41.6 Å². The molecule has 0 bridgehead atoms. The first kappa shape index (κ1) is 15.8. The van der Waals surface area contributed by atoms with E-state index in [0.717, 1.165) is 22.5 Å². The Morgan fingerprint density at radius 3 is 2.45 bits per heavy atom. The largest absolute Gasteiger partial charge is 0.493 e. The van der Waals surface area contributed by atoms with E-state index in [0.29, 0.717) is 17.9 Å². The second-order valence-electron chi connectivity index (χ2n) is 4.90. The number of carboxylic acid groups (broad SMARTS) is 1. The van der Waals surface area contributed by atoms with E-state index < -0.39 is 5.97 Å². The first-order valence-corrected chi connectivity index (χ1v) is 6.96. The van der Waals surface area contributed by atoms with Gasteiger partial charge in [-0.15, -0.1) is 0 Å². The summed E-state index contributed by atoms with van der Waals surface area (Å²) in [6.07, 6.45) is 0.596. The highest BCUT2D eigenvalue weighted by Crippen LogP contribution is 2.31. The highest BCUT2D eigenvalue weighted by atomic mass is 16.5. The zero-order chi connectivity index (χ0) is 16.1. The predicted molar refractivity (Wildman–Crippen MR) is 83.5 cm³/mol. The van der Waals surface area contributed by atoms with Gasteiger partial charge in [0.2, 0.25) is 0 Å². The van der Waals surface area contributed by atoms with Crippen molar-refractivity contribution < 1.29 is 19.4 Å². The van der Waals surface area contributed by atoms with Gasteiger partial charge in [-0.3, -0.25) is 9.78 Å². The van der Waals surface area contributed by atoms with E-state index in [4.69, 9.17) is 14.6 Å². The molecule has 2 aromatic rings. The molecule has 0 fully saturated rings. The molecule has 0 aliphatic rings. The average molecular weight is 301 g/mol. The Labute approximate surface area is 129 Å². The molecule has 0 atom stereocenters. The number of aromatic nitrogens is 1. The summed E-state index contributed by atoms with van der Waals surface area (Å²) in [4.78, 5) is 15.2. The molecule has 1 aromatic carbocycles. The fourth-order valence-electron chi connectivity index (χ4n) is 2.25. The molecule has 0 amide bonds. The molecule has 0 saturated heterocycles. The predicted octanol–water partition coefficient (Wildman–Crippen LogP) is 3.09. The normalized spacial score (nSPS) is 10.3. The summed E-state index contributed by atoms with van der Waals surface area (Å²) in [6.45, 7) is 1.89. The molecular weight excluding hydrogens is 282 g/mol. The van der Waals surface area contributed by atoms with Crippen molar-refractivity contribution in [3.8, 4) is 22.8 Å². The Balaban J connectivity index is 2.29. The summed E-state index contributed by atoms with van der Waals surface area (Å²) >= 11 is 0. The number of nitrogens with zero attached hydrogens (tertiary/aromatic N) is 1. The van der Waals surface area contributed by atoms with Gasteiger partial charge in [0.05, 0.1) is 19.9 Å². The van der Waals surface area contributed by atoms with Crippen LogP contribution in [0.3, 0.4) is 0 Å². The zero-order valence-electron chi connectivity index (χ0n) is 12.9. The number of benzene rings is 1. The third-order valence-corrected chi connectivity index (χ3v) is 3.48. The third kappa shape index (κ3) is 3.55. The molecule has 0 unspecified atom stereocenters. The van der Waals surface area contributed by atoms with Gasteiger partial charge < -0.3 is 14.6 Å². The van der Waals surface area contributed by atoms with Gasteiger partial charge in [0.25, 0.3) is 0 Å². The number of aryl methyl sites for hydroxylation is 2. The van der Waals surface area contributed by atoms with Crippen LogP contribution in [-0.4, -0.2) is 30.3 Å². The quantitative estimate of drug-likeness (QED) is 0.888. The number of hydrogen-bond acceptors (Lipinski definition) is 4. The molecule has 5 heteroatoms. The first-order chi connectivity index (χ1) is 10.5. The Hall–Kier alpha value is -2.56. The van der Waals surface area contributed by atoms with Gasteiger partial charge in [0.1, 0.15) is 0 Å². The van der Waals surface area contributed by atoms with Crippen LogP contribution in [-0.2, 0) is 11.2 Å². The molecule has 1 aromatic heterocycles. The van der Waals surface area contributed by atoms with Crippen LogP contribution < -0.4 is 9.47 Å². The number of hydrogen-bond donors (Lipinski definition) is 1. The van der Waals surface area contributed by atoms with Gasteiger partial charge >= 0.3 is 5.97 Å². The lowest BCUT2D eigenvalue weighted by molar-refractivity contribution is -0.136. The second-order valence-corrected chi connectivity index (χ2v) is 4.90. The van der Waals surface area contributed by atoms with Gasteiger partial charge in [-0.25, -0.2) is 0 Å². The number of pyridine rings is 1. The van der Waals surface area contributed by atoms with Crippen LogP contribution in [0, 0.1) is 6.92 Å². The van der Waals surface area contributed by atoms with E-state index in [9.17, 15) is 4.79 Å². The molecule has 1 heterocycles. The molecule has 0 aliphatic carbocycles. The monoisotopic (exact) mass is 301 g/mol. The van der Waals surface area contributed by atoms with Crippen LogP contribution in [0.1, 0.15) is 17.7 Å². The zero-order valence-corrected chi connectivity index (χ0v) is 12.9. The van der Waals surface area contributed by atoms with Crippen molar-refractivity contribution in [3.63, 3.8) is 0 Å². The summed E-state index contributed by atoms with van der Waals surface area (Å²) in [5.41, 5.74) is 3.53. The SMILES string of the molecule is COc1ccc(-c2ccc(CCC(=O)O)c(C)n2)cc1OC. The van der Waals surface area contributed by atoms with Crippen molar-refractivity contribution in [2.45, 2.75) is 19.8 Å². The lowest BCUT2D eigenvalue weighted by Crippen LogP contribution is -2.01. The number of aliphatic carboxylic acids is 1. The van der Waals surface area contributed by atoms with E-state index in [1.54, 1.807) is 14.2 Å². The highest BCUT2D eigenvalue weighted by Gasteiger charge is 2.09. The standard InChI is InChI=1S/C17H19NO4/c1-11-12(6-9-17(19)20)4-7-14(18-11)13-5-8-15(21-2)16(10-13)22-3/h4-5,7-8,10H,6,9H2,1-3H3,(H,19,20). The van der Waals surface area contributed by atoms with Gasteiger partial charge in [0, 0.05) is 17.7 Å². The van der Waals surface area contributed by atoms with Crippen LogP contribution in [0.25, 0.3) is 11.3 Å². The van der Waals surface area contributed by atoms with E-state index in [2.05, 4.69) is 4.98 Å². The maximum atomic E-state index is 10.7. The van der Waals surface area contributed by atoms with E-state index in [-0.39, 0.29) is 6.42 Å². The Kier molecular flexibility index (Phi) is 4.99. The number of carbonyl (C=O) groups is 1. The molecule has 1 N–H and O–H groups in total. The Morgan fingerprint density at radius 1 is 1.14 bits per heavy atom. The molecule has 0 saturated carbocycles. The summed E-state index contributed by atoms with van der Waals surface area (Å²) < 4.78 is 10.5. The maximum Gasteiger partial charge on any atom is 0.303 e. The number of methoxy groups -OCH3 is 2. The van der Waals surface area contributed by atoms with Crippen LogP contribution >= 0.6 is 0 Å². The highest BCUT2D eigenvalue weighted by molar-refractivity contribution is 5.67. The van der Waals surface area contributed by atoms with Crippen molar-refractivity contribution >= 4 is 5.97 Å². The molecule has 22 heavy (non-hydrogen) atoms. The number of rotatable bonds is 6. The summed E-state index contributed by atoms with van der Waals surface area (Å²) in [6, 6.07) is 9.45. The Bertz CT molecular complexity index is 682. The fourth-order valence-corrected chi connectivity index (χ4v) is 2.25. The number of carboxylic acids is 1. The minimum absolute atomic E-state index is 0.109. The lowest BCUT2D eigenvalue weighted by atomic mass is 10.0. The van der Waals surface area contributed by atoms with Crippen molar-refractivity contribution in [1.82, 2.24) is 4.98 Å². The van der Waals surface area contributed by atoms with E-state index in [1.165, 1.54) is 0 Å². The van der Waals surface area contributed by atoms with E-state index in [1.807, 2.05) is 37.3 Å². The topological polar surface area (TPSA) is 68.7 Å². The van der Waals surface area contributed by atoms with Crippen LogP contribution in [0.5, 0.6) is 11.5 Å². The molecule has 0 spiro atoms. The summed E-state index contributed by atoms with van der Waals surface area (Å²) in [5, 5.41) is 8.76. The second kappa shape index (κ2) is 6.93. The molecule has 0 radical (unpaired) electrons. The smallest absolute Gasteiger partial charge is 0.303 e. The van der Waals surface area contributed by atoms with Crippen LogP contribution in [0.4, 0.5) is 0 Å². The van der Waals surface area contributed by atoms with Crippen molar-refractivity contribution in [1.29, 1.82) is 0 Å². The van der Waals surface area contributed by atoms with E-state index >= 15 is 0 Å².